The first kappa shape index (κ1) is 22.9. The predicted molar refractivity (Wildman–Crippen MR) is 110 cm³/mol. The van der Waals surface area contributed by atoms with E-state index in [0.29, 0.717) is 5.96 Å². The van der Waals surface area contributed by atoms with Crippen LogP contribution in [0.5, 0.6) is 0 Å². The number of nitrogens with two attached hydrogens (primary N) is 1. The largest absolute Gasteiger partial charge is 0.379 e. The molecule has 1 aliphatic heterocycles. The normalized spacial score (nSPS) is 16.4. The zero-order valence-corrected chi connectivity index (χ0v) is 17.4. The SMILES string of the molecule is CC(C)CCCCCCNC(N)=NCCCN1CCOCC1.I. The Labute approximate surface area is 159 Å². The van der Waals surface area contributed by atoms with Crippen LogP contribution < -0.4 is 11.1 Å². The topological polar surface area (TPSA) is 62.9 Å². The molecule has 1 heterocycles. The van der Waals surface area contributed by atoms with Gasteiger partial charge in [0.1, 0.15) is 0 Å². The zero-order valence-electron chi connectivity index (χ0n) is 15.1. The lowest BCUT2D eigenvalue weighted by Gasteiger charge is -2.26. The van der Waals surface area contributed by atoms with Crippen LogP contribution in [0.25, 0.3) is 0 Å². The number of morpholine rings is 1. The number of hydrogen-bond acceptors (Lipinski definition) is 3. The third kappa shape index (κ3) is 14.0. The Morgan fingerprint density at radius 1 is 1.13 bits per heavy atom. The highest BCUT2D eigenvalue weighted by Crippen LogP contribution is 2.08. The fourth-order valence-electron chi connectivity index (χ4n) is 2.62. The van der Waals surface area contributed by atoms with Crippen LogP contribution in [0.2, 0.25) is 0 Å². The number of nitrogens with one attached hydrogen (secondary N) is 1. The van der Waals surface area contributed by atoms with E-state index in [1.54, 1.807) is 0 Å². The van der Waals surface area contributed by atoms with E-state index >= 15 is 0 Å². The van der Waals surface area contributed by atoms with Crippen molar-refractivity contribution in [2.24, 2.45) is 16.6 Å². The molecule has 1 fully saturated rings. The first-order valence-electron chi connectivity index (χ1n) is 9.02. The van der Waals surface area contributed by atoms with E-state index < -0.39 is 0 Å². The molecule has 0 bridgehead atoms. The van der Waals surface area contributed by atoms with Crippen molar-refractivity contribution < 1.29 is 4.74 Å². The number of nitrogens with zero attached hydrogens (tertiary/aromatic N) is 2. The van der Waals surface area contributed by atoms with Gasteiger partial charge in [0.05, 0.1) is 13.2 Å². The Bertz CT molecular complexity index is 294. The molecule has 0 aromatic heterocycles. The van der Waals surface area contributed by atoms with Gasteiger partial charge in [-0.15, -0.1) is 24.0 Å². The van der Waals surface area contributed by atoms with Crippen LogP contribution >= 0.6 is 24.0 Å². The zero-order chi connectivity index (χ0) is 16.0. The fraction of sp³-hybridized carbons (Fsp3) is 0.941. The fourth-order valence-corrected chi connectivity index (χ4v) is 2.62. The van der Waals surface area contributed by atoms with Gasteiger partial charge in [-0.3, -0.25) is 9.89 Å². The van der Waals surface area contributed by atoms with Crippen LogP contribution in [-0.4, -0.2) is 56.8 Å². The highest BCUT2D eigenvalue weighted by Gasteiger charge is 2.08. The minimum Gasteiger partial charge on any atom is -0.379 e. The standard InChI is InChI=1S/C17H36N4O.HI/c1-16(2)8-5-3-4-6-9-19-17(18)20-10-7-11-21-12-14-22-15-13-21;/h16H,3-15H2,1-2H3,(H3,18,19,20);1H. The second kappa shape index (κ2) is 15.4. The minimum atomic E-state index is 0. The second-order valence-corrected chi connectivity index (χ2v) is 6.60. The molecule has 138 valence electrons. The van der Waals surface area contributed by atoms with Crippen molar-refractivity contribution >= 4 is 29.9 Å². The van der Waals surface area contributed by atoms with E-state index in [-0.39, 0.29) is 24.0 Å². The lowest BCUT2D eigenvalue weighted by atomic mass is 10.0. The summed E-state index contributed by atoms with van der Waals surface area (Å²) in [4.78, 5) is 6.82. The molecule has 3 N–H and O–H groups in total. The molecule has 23 heavy (non-hydrogen) atoms. The average Bonchev–Trinajstić information content (AvgIpc) is 2.51. The third-order valence-corrected chi connectivity index (χ3v) is 4.03. The molecule has 1 aliphatic rings. The van der Waals surface area contributed by atoms with Crippen molar-refractivity contribution in [3.8, 4) is 0 Å². The highest BCUT2D eigenvalue weighted by atomic mass is 127. The monoisotopic (exact) mass is 440 g/mol. The van der Waals surface area contributed by atoms with Gasteiger partial charge in [0.2, 0.25) is 0 Å². The van der Waals surface area contributed by atoms with Crippen molar-refractivity contribution in [1.82, 2.24) is 10.2 Å². The smallest absolute Gasteiger partial charge is 0.188 e. The maximum Gasteiger partial charge on any atom is 0.188 e. The van der Waals surface area contributed by atoms with Crippen molar-refractivity contribution in [3.05, 3.63) is 0 Å². The molecule has 6 heteroatoms. The van der Waals surface area contributed by atoms with E-state index in [1.807, 2.05) is 0 Å². The second-order valence-electron chi connectivity index (χ2n) is 6.60. The molecule has 0 radical (unpaired) electrons. The van der Waals surface area contributed by atoms with Gasteiger partial charge < -0.3 is 15.8 Å². The quantitative estimate of drug-likeness (QED) is 0.225. The summed E-state index contributed by atoms with van der Waals surface area (Å²) in [5.41, 5.74) is 5.88. The van der Waals surface area contributed by atoms with Crippen LogP contribution in [0.4, 0.5) is 0 Å². The van der Waals surface area contributed by atoms with Gasteiger partial charge in [0.25, 0.3) is 0 Å². The number of unbranched alkanes of at least 4 members (excludes halogenated alkanes) is 3. The highest BCUT2D eigenvalue weighted by molar-refractivity contribution is 14.0. The first-order valence-corrected chi connectivity index (χ1v) is 9.02. The Hall–Kier alpha value is -0.0800. The molecule has 0 saturated carbocycles. The summed E-state index contributed by atoms with van der Waals surface area (Å²) in [6.45, 7) is 11.3. The molecule has 0 aromatic rings. The molecule has 0 spiro atoms. The summed E-state index contributed by atoms with van der Waals surface area (Å²) < 4.78 is 5.34. The Kier molecular flexibility index (Phi) is 15.4. The van der Waals surface area contributed by atoms with Crippen LogP contribution in [-0.2, 0) is 4.74 Å². The average molecular weight is 440 g/mol. The van der Waals surface area contributed by atoms with E-state index in [0.717, 1.165) is 58.3 Å². The summed E-state index contributed by atoms with van der Waals surface area (Å²) in [5.74, 6) is 1.43. The number of halogens is 1. The summed E-state index contributed by atoms with van der Waals surface area (Å²) in [7, 11) is 0. The Morgan fingerprint density at radius 2 is 1.83 bits per heavy atom. The molecular formula is C17H37IN4O. The maximum atomic E-state index is 5.88. The van der Waals surface area contributed by atoms with E-state index in [9.17, 15) is 0 Å². The molecule has 1 saturated heterocycles. The molecule has 0 atom stereocenters. The van der Waals surface area contributed by atoms with Gasteiger partial charge in [-0.25, -0.2) is 0 Å². The molecule has 5 nitrogen and oxygen atoms in total. The van der Waals surface area contributed by atoms with E-state index in [2.05, 4.69) is 29.1 Å². The maximum absolute atomic E-state index is 5.88. The van der Waals surface area contributed by atoms with Crippen LogP contribution in [0.3, 0.4) is 0 Å². The van der Waals surface area contributed by atoms with Crippen molar-refractivity contribution in [2.45, 2.75) is 52.4 Å². The lowest BCUT2D eigenvalue weighted by Crippen LogP contribution is -2.37. The molecular weight excluding hydrogens is 403 g/mol. The van der Waals surface area contributed by atoms with Crippen LogP contribution in [0, 0.1) is 5.92 Å². The van der Waals surface area contributed by atoms with Gasteiger partial charge in [0, 0.05) is 32.7 Å². The van der Waals surface area contributed by atoms with Crippen molar-refractivity contribution in [1.29, 1.82) is 0 Å². The first-order chi connectivity index (χ1) is 10.7. The number of hydrogen-bond donors (Lipinski definition) is 2. The summed E-state index contributed by atoms with van der Waals surface area (Å²) >= 11 is 0. The molecule has 1 rings (SSSR count). The summed E-state index contributed by atoms with van der Waals surface area (Å²) in [6.07, 6.45) is 7.56. The molecule has 0 amide bonds. The summed E-state index contributed by atoms with van der Waals surface area (Å²) in [6, 6.07) is 0. The molecule has 0 aromatic carbocycles. The van der Waals surface area contributed by atoms with Gasteiger partial charge in [0.15, 0.2) is 5.96 Å². The third-order valence-electron chi connectivity index (χ3n) is 4.03. The van der Waals surface area contributed by atoms with Gasteiger partial charge in [-0.1, -0.05) is 39.5 Å². The Morgan fingerprint density at radius 3 is 2.52 bits per heavy atom. The summed E-state index contributed by atoms with van der Waals surface area (Å²) in [5, 5.41) is 3.21. The van der Waals surface area contributed by atoms with Gasteiger partial charge in [-0.2, -0.15) is 0 Å². The van der Waals surface area contributed by atoms with E-state index in [1.165, 1.54) is 32.1 Å². The molecule has 0 aliphatic carbocycles. The number of guanidine groups is 1. The van der Waals surface area contributed by atoms with Crippen LogP contribution in [0.1, 0.15) is 52.4 Å². The number of rotatable bonds is 11. The van der Waals surface area contributed by atoms with E-state index in [4.69, 9.17) is 10.5 Å². The number of aliphatic imine (C=N–C) groups is 1. The van der Waals surface area contributed by atoms with Crippen molar-refractivity contribution in [2.75, 3.05) is 45.9 Å². The van der Waals surface area contributed by atoms with Gasteiger partial charge >= 0.3 is 0 Å². The number of ether oxygens (including phenoxy) is 1. The predicted octanol–water partition coefficient (Wildman–Crippen LogP) is 2.84. The Balaban J connectivity index is 0.00000484. The minimum absolute atomic E-state index is 0. The lowest BCUT2D eigenvalue weighted by molar-refractivity contribution is 0.0377. The van der Waals surface area contributed by atoms with Crippen LogP contribution in [0.15, 0.2) is 4.99 Å². The molecule has 0 unspecified atom stereocenters. The van der Waals surface area contributed by atoms with Gasteiger partial charge in [-0.05, 0) is 18.8 Å². The van der Waals surface area contributed by atoms with Crippen molar-refractivity contribution in [3.63, 3.8) is 0 Å².